The summed E-state index contributed by atoms with van der Waals surface area (Å²) in [6, 6.07) is 16.2. The average Bonchev–Trinajstić information content (AvgIpc) is 2.93. The van der Waals surface area contributed by atoms with E-state index in [1.165, 1.54) is 74.0 Å². The van der Waals surface area contributed by atoms with Crippen LogP contribution < -0.4 is 18.9 Å². The van der Waals surface area contributed by atoms with Gasteiger partial charge in [-0.05, 0) is 22.3 Å². The van der Waals surface area contributed by atoms with Crippen molar-refractivity contribution in [1.29, 1.82) is 10.5 Å². The van der Waals surface area contributed by atoms with Gasteiger partial charge in [0.25, 0.3) is 0 Å². The number of rotatable bonds is 2. The van der Waals surface area contributed by atoms with Gasteiger partial charge < -0.3 is 52.6 Å². The first-order chi connectivity index (χ1) is 18.3. The second-order valence-electron chi connectivity index (χ2n) is 6.41. The molecule has 41 heavy (non-hydrogen) atoms. The number of nitrogens with zero attached hydrogens (tertiary/aromatic N) is 10. The maximum atomic E-state index is 10.8. The number of nitriles is 2. The third kappa shape index (κ3) is 16.8. The second kappa shape index (κ2) is 23.5. The quantitative estimate of drug-likeness (QED) is 0.0701. The molecule has 0 bridgehead atoms. The van der Waals surface area contributed by atoms with Crippen molar-refractivity contribution in [2.24, 2.45) is 9.98 Å². The summed E-state index contributed by atoms with van der Waals surface area (Å²) in [4.78, 5) is 5.17. The molecule has 0 aliphatic rings. The molecule has 17 heteroatoms. The van der Waals surface area contributed by atoms with E-state index in [2.05, 4.69) is 9.98 Å². The molecule has 16 nitrogen and oxygen atoms in total. The van der Waals surface area contributed by atoms with Crippen LogP contribution in [0.3, 0.4) is 0 Å². The van der Waals surface area contributed by atoms with Gasteiger partial charge in [0.1, 0.15) is 0 Å². The smallest absolute Gasteiger partial charge is 0.619 e. The predicted molar refractivity (Wildman–Crippen MR) is 142 cm³/mol. The monoisotopic (exact) mass is 660 g/mol. The Bertz CT molecular complexity index is 1260. The van der Waals surface area contributed by atoms with Gasteiger partial charge in [0.15, 0.2) is 49.6 Å². The fourth-order valence-electron chi connectivity index (χ4n) is 2.47. The van der Waals surface area contributed by atoms with E-state index in [1.54, 1.807) is 48.5 Å². The molecule has 0 unspecified atom stereocenters. The maximum absolute atomic E-state index is 10.8. The Morgan fingerprint density at radius 2 is 0.659 bits per heavy atom. The zero-order valence-corrected chi connectivity index (χ0v) is 25.2. The van der Waals surface area contributed by atoms with Crippen LogP contribution >= 0.6 is 0 Å². The van der Waals surface area contributed by atoms with E-state index in [0.29, 0.717) is 0 Å². The van der Waals surface area contributed by atoms with Crippen LogP contribution in [0.5, 0.6) is 0 Å². The van der Waals surface area contributed by atoms with Gasteiger partial charge in [0.2, 0.25) is 0 Å². The first-order valence-electron chi connectivity index (χ1n) is 10.1. The Balaban J connectivity index is -0.000000507. The van der Waals surface area contributed by atoms with Crippen molar-refractivity contribution in [3.05, 3.63) is 130 Å². The van der Waals surface area contributed by atoms with Gasteiger partial charge >= 0.3 is 27.3 Å². The fraction of sp³-hybridized carbons (Fsp3) is 0. The molecule has 0 atom stereocenters. The molecule has 0 saturated carbocycles. The Morgan fingerprint density at radius 1 is 0.488 bits per heavy atom. The molecule has 204 valence electrons. The number of hydrogen-bond acceptors (Lipinski definition) is 8. The third-order valence-corrected chi connectivity index (χ3v) is 4.07. The summed E-state index contributed by atoms with van der Waals surface area (Å²) in [5.41, 5.74) is 3.66. The number of pyridine rings is 4. The minimum absolute atomic E-state index is 0. The Hall–Kier alpha value is -5.62. The van der Waals surface area contributed by atoms with Crippen molar-refractivity contribution < 1.29 is 57.2 Å². The zero-order chi connectivity index (χ0) is 28.2. The van der Waals surface area contributed by atoms with Crippen LogP contribution in [0.2, 0.25) is 0 Å². The van der Waals surface area contributed by atoms with Crippen molar-refractivity contribution in [1.82, 2.24) is 0 Å². The first-order valence-corrected chi connectivity index (χ1v) is 10.1. The van der Waals surface area contributed by atoms with Crippen LogP contribution in [0.4, 0.5) is 0 Å². The van der Waals surface area contributed by atoms with Gasteiger partial charge in [-0.3, -0.25) is 0 Å². The Kier molecular flexibility index (Phi) is 22.9. The van der Waals surface area contributed by atoms with Gasteiger partial charge in [-0.15, -0.1) is 12.0 Å². The number of aromatic nitrogens is 4. The summed E-state index contributed by atoms with van der Waals surface area (Å²) >= 11 is 0. The summed E-state index contributed by atoms with van der Waals surface area (Å²) in [5, 5.41) is 72.8. The molecule has 4 aromatic rings. The fourth-order valence-corrected chi connectivity index (χ4v) is 2.47. The van der Waals surface area contributed by atoms with Crippen molar-refractivity contribution in [3.63, 3.8) is 0 Å². The van der Waals surface area contributed by atoms with E-state index in [4.69, 9.17) is 21.3 Å². The number of hydrogen-bond donors (Lipinski definition) is 0. The zero-order valence-electron chi connectivity index (χ0n) is 21.2. The molecule has 4 heterocycles. The van der Waals surface area contributed by atoms with Crippen molar-refractivity contribution in [2.45, 2.75) is 0 Å². The minimum atomic E-state index is 0. The summed E-state index contributed by atoms with van der Waals surface area (Å²) in [5.74, 6) is 0. The largest absolute Gasteiger partial charge is 2.00 e. The molecule has 4 rings (SSSR count). The van der Waals surface area contributed by atoms with Crippen molar-refractivity contribution in [3.8, 4) is 34.6 Å². The average molecular weight is 659 g/mol. The Labute approximate surface area is 253 Å². The van der Waals surface area contributed by atoms with E-state index < -0.39 is 0 Å². The van der Waals surface area contributed by atoms with Gasteiger partial charge in [0.05, 0.1) is 12.4 Å². The van der Waals surface area contributed by atoms with E-state index in [-0.39, 0.29) is 38.3 Å². The summed E-state index contributed by atoms with van der Waals surface area (Å²) in [6.07, 6.45) is 14.0. The van der Waals surface area contributed by atoms with E-state index in [9.17, 15) is 20.8 Å². The molecule has 0 radical (unpaired) electrons. The normalized spacial score (nSPS) is 7.76. The molecule has 4 aromatic heterocycles. The summed E-state index contributed by atoms with van der Waals surface area (Å²) in [7, 11) is 0. The van der Waals surface area contributed by atoms with Crippen molar-refractivity contribution >= 4 is 12.0 Å². The van der Waals surface area contributed by atoms with Gasteiger partial charge in [-0.1, -0.05) is 0 Å². The van der Waals surface area contributed by atoms with Crippen LogP contribution in [0.25, 0.3) is 33.1 Å². The molecule has 0 spiro atoms. The van der Waals surface area contributed by atoms with Crippen molar-refractivity contribution in [2.75, 3.05) is 0 Å². The van der Waals surface area contributed by atoms with Crippen LogP contribution in [-0.4, -0.2) is 12.0 Å². The van der Waals surface area contributed by atoms with Crippen LogP contribution in [0.15, 0.2) is 108 Å². The molecule has 0 aliphatic carbocycles. The Morgan fingerprint density at radius 3 is 0.756 bits per heavy atom. The molecule has 0 saturated heterocycles. The summed E-state index contributed by atoms with van der Waals surface area (Å²) in [6.45, 7) is 0. The van der Waals surface area contributed by atoms with E-state index in [1.807, 2.05) is 0 Å². The predicted octanol–water partition coefficient (Wildman–Crippen LogP) is -0.184. The van der Waals surface area contributed by atoms with Gasteiger partial charge in [-0.2, -0.15) is 29.4 Å². The second-order valence-corrected chi connectivity index (χ2v) is 6.41. The topological polar surface area (TPSA) is 291 Å². The van der Waals surface area contributed by atoms with Gasteiger partial charge in [-0.25, -0.2) is 0 Å². The van der Waals surface area contributed by atoms with E-state index in [0.717, 1.165) is 41.2 Å². The molecule has 0 amide bonds. The summed E-state index contributed by atoms with van der Waals surface area (Å²) < 4.78 is 2.89. The maximum Gasteiger partial charge on any atom is 2.00 e. The van der Waals surface area contributed by atoms with E-state index >= 15 is 0 Å². The first kappa shape index (κ1) is 39.9. The van der Waals surface area contributed by atoms with Crippen LogP contribution in [0, 0.1) is 43.7 Å². The molecular formula is C24H22CdN10O6+2. The third-order valence-electron chi connectivity index (χ3n) is 4.07. The van der Waals surface area contributed by atoms with Crippen LogP contribution in [-0.2, 0) is 38.3 Å². The molecule has 0 aliphatic heterocycles. The number of aliphatic imine (C=N–C) groups is 2. The molecule has 0 fully saturated rings. The van der Waals surface area contributed by atoms with Crippen LogP contribution in [0.1, 0.15) is 0 Å². The minimum Gasteiger partial charge on any atom is -0.619 e. The standard InChI is InChI=1S/2C10H8N2O2.2C2N3.Cd.2H2O/c2*13-11-5-1-9(2-6-11)10-3-7-12(14)8-4-10;2*3-1-5-2-4;;;/h2*1-8H;;;;2*1H2/q;;2*-1;+2;;/p+2. The van der Waals surface area contributed by atoms with Gasteiger partial charge in [0, 0.05) is 48.5 Å². The molecule has 0 aromatic carbocycles. The molecule has 6 N–H and O–H groups in total. The molecular weight excluding hydrogens is 637 g/mol. The SMILES string of the molecule is N#CN=C=[N-].N#CN=C=[N-].[Cd+2].[O-][n+]1ccc(-c2cc[n+]([O-])cc2)cc1.[O-][n+]1ccc(-c2cc[n+]([O-])cc2)cc1.[OH3+].[OH3+].